The van der Waals surface area contributed by atoms with Gasteiger partial charge in [0.1, 0.15) is 23.8 Å². The van der Waals surface area contributed by atoms with Crippen LogP contribution in [0.3, 0.4) is 0 Å². The third-order valence-electron chi connectivity index (χ3n) is 4.62. The van der Waals surface area contributed by atoms with Gasteiger partial charge < -0.3 is 14.8 Å². The zero-order chi connectivity index (χ0) is 18.9. The SMILES string of the molecule is O=C(Nc1c(-c2ccccc2)nc2ccccn12)[C@H]1COc2ccccc2O1. The summed E-state index contributed by atoms with van der Waals surface area (Å²) in [4.78, 5) is 17.6. The van der Waals surface area contributed by atoms with Crippen molar-refractivity contribution in [3.63, 3.8) is 0 Å². The number of benzene rings is 2. The van der Waals surface area contributed by atoms with Crippen molar-refractivity contribution in [3.05, 3.63) is 79.0 Å². The average Bonchev–Trinajstić information content (AvgIpc) is 3.12. The second kappa shape index (κ2) is 6.74. The van der Waals surface area contributed by atoms with Crippen LogP contribution >= 0.6 is 0 Å². The highest BCUT2D eigenvalue weighted by Crippen LogP contribution is 2.32. The zero-order valence-corrected chi connectivity index (χ0v) is 14.9. The van der Waals surface area contributed by atoms with Gasteiger partial charge in [-0.15, -0.1) is 0 Å². The minimum Gasteiger partial charge on any atom is -0.485 e. The normalized spacial score (nSPS) is 15.4. The maximum atomic E-state index is 12.9. The van der Waals surface area contributed by atoms with E-state index in [0.29, 0.717) is 23.0 Å². The van der Waals surface area contributed by atoms with Crippen LogP contribution in [0.1, 0.15) is 0 Å². The number of nitrogens with one attached hydrogen (secondary N) is 1. The zero-order valence-electron chi connectivity index (χ0n) is 14.9. The number of imidazole rings is 1. The molecular formula is C22H17N3O3. The first-order valence-electron chi connectivity index (χ1n) is 9.01. The molecule has 5 rings (SSSR count). The lowest BCUT2D eigenvalue weighted by Gasteiger charge is -2.25. The first-order valence-corrected chi connectivity index (χ1v) is 9.01. The van der Waals surface area contributed by atoms with E-state index in [0.717, 1.165) is 11.2 Å². The Morgan fingerprint density at radius 2 is 1.71 bits per heavy atom. The topological polar surface area (TPSA) is 64.9 Å². The number of carbonyl (C=O) groups excluding carboxylic acids is 1. The smallest absolute Gasteiger partial charge is 0.270 e. The fourth-order valence-corrected chi connectivity index (χ4v) is 3.26. The molecule has 6 nitrogen and oxygen atoms in total. The highest BCUT2D eigenvalue weighted by molar-refractivity contribution is 5.97. The number of hydrogen-bond donors (Lipinski definition) is 1. The van der Waals surface area contributed by atoms with E-state index in [1.54, 1.807) is 6.07 Å². The molecule has 4 aromatic rings. The second-order valence-corrected chi connectivity index (χ2v) is 6.46. The number of rotatable bonds is 3. The molecular weight excluding hydrogens is 354 g/mol. The Morgan fingerprint density at radius 3 is 2.57 bits per heavy atom. The molecule has 0 unspecified atom stereocenters. The molecule has 0 bridgehead atoms. The molecule has 2 aromatic heterocycles. The van der Waals surface area contributed by atoms with Gasteiger partial charge in [-0.05, 0) is 24.3 Å². The van der Waals surface area contributed by atoms with Gasteiger partial charge in [0.25, 0.3) is 5.91 Å². The summed E-state index contributed by atoms with van der Waals surface area (Å²) < 4.78 is 13.4. The van der Waals surface area contributed by atoms with E-state index in [1.807, 2.05) is 77.3 Å². The molecule has 0 saturated carbocycles. The summed E-state index contributed by atoms with van der Waals surface area (Å²) in [5.74, 6) is 1.54. The van der Waals surface area contributed by atoms with Gasteiger partial charge in [0, 0.05) is 11.8 Å². The standard InChI is InChI=1S/C22H17N3O3/c26-22(18-14-27-16-10-4-5-11-17(16)28-18)24-21-20(15-8-2-1-3-9-15)23-19-12-6-7-13-25(19)21/h1-13,18H,14H2,(H,24,26)/t18-/m1/s1. The molecule has 6 heteroatoms. The van der Waals surface area contributed by atoms with Crippen LogP contribution in [-0.4, -0.2) is 28.0 Å². The minimum atomic E-state index is -0.743. The van der Waals surface area contributed by atoms with Crippen LogP contribution in [0.2, 0.25) is 0 Å². The lowest BCUT2D eigenvalue weighted by atomic mass is 10.1. The molecule has 0 fully saturated rings. The molecule has 0 aliphatic carbocycles. The van der Waals surface area contributed by atoms with Crippen LogP contribution in [0.15, 0.2) is 79.0 Å². The van der Waals surface area contributed by atoms with Crippen molar-refractivity contribution < 1.29 is 14.3 Å². The Kier molecular flexibility index (Phi) is 3.94. The van der Waals surface area contributed by atoms with E-state index in [2.05, 4.69) is 5.32 Å². The molecule has 2 aromatic carbocycles. The molecule has 28 heavy (non-hydrogen) atoms. The van der Waals surface area contributed by atoms with Crippen LogP contribution in [0.25, 0.3) is 16.9 Å². The van der Waals surface area contributed by atoms with Gasteiger partial charge in [0.15, 0.2) is 11.5 Å². The summed E-state index contributed by atoms with van der Waals surface area (Å²) in [6.45, 7) is 0.153. The average molecular weight is 371 g/mol. The van der Waals surface area contributed by atoms with E-state index >= 15 is 0 Å². The van der Waals surface area contributed by atoms with Crippen LogP contribution in [0.5, 0.6) is 11.5 Å². The van der Waals surface area contributed by atoms with E-state index in [1.165, 1.54) is 0 Å². The number of para-hydroxylation sites is 2. The monoisotopic (exact) mass is 371 g/mol. The highest BCUT2D eigenvalue weighted by atomic mass is 16.6. The largest absolute Gasteiger partial charge is 0.485 e. The van der Waals surface area contributed by atoms with Gasteiger partial charge in [0.05, 0.1) is 0 Å². The number of anilines is 1. The molecule has 0 spiro atoms. The lowest BCUT2D eigenvalue weighted by Crippen LogP contribution is -2.40. The first kappa shape index (κ1) is 16.4. The molecule has 0 radical (unpaired) electrons. The van der Waals surface area contributed by atoms with E-state index < -0.39 is 6.10 Å². The highest BCUT2D eigenvalue weighted by Gasteiger charge is 2.29. The number of carbonyl (C=O) groups is 1. The predicted octanol–water partition coefficient (Wildman–Crippen LogP) is 3.78. The number of nitrogens with zero attached hydrogens (tertiary/aromatic N) is 2. The molecule has 1 atom stereocenters. The third kappa shape index (κ3) is 2.85. The number of ether oxygens (including phenoxy) is 2. The van der Waals surface area contributed by atoms with Gasteiger partial charge in [-0.25, -0.2) is 4.98 Å². The predicted molar refractivity (Wildman–Crippen MR) is 106 cm³/mol. The van der Waals surface area contributed by atoms with Crippen molar-refractivity contribution in [1.29, 1.82) is 0 Å². The minimum absolute atomic E-state index is 0.153. The van der Waals surface area contributed by atoms with E-state index in [9.17, 15) is 4.79 Å². The number of aromatic nitrogens is 2. The molecule has 1 amide bonds. The van der Waals surface area contributed by atoms with E-state index in [4.69, 9.17) is 14.5 Å². The molecule has 3 heterocycles. The quantitative estimate of drug-likeness (QED) is 0.595. The molecule has 0 saturated heterocycles. The summed E-state index contributed by atoms with van der Waals surface area (Å²) in [5.41, 5.74) is 2.38. The van der Waals surface area contributed by atoms with E-state index in [-0.39, 0.29) is 12.5 Å². The fourth-order valence-electron chi connectivity index (χ4n) is 3.26. The van der Waals surface area contributed by atoms with Crippen molar-refractivity contribution in [3.8, 4) is 22.8 Å². The second-order valence-electron chi connectivity index (χ2n) is 6.46. The molecule has 1 N–H and O–H groups in total. The van der Waals surface area contributed by atoms with Gasteiger partial charge in [-0.3, -0.25) is 9.20 Å². The summed E-state index contributed by atoms with van der Waals surface area (Å²) in [5, 5.41) is 2.99. The lowest BCUT2D eigenvalue weighted by molar-refractivity contribution is -0.125. The Morgan fingerprint density at radius 1 is 0.964 bits per heavy atom. The Bertz CT molecular complexity index is 1150. The van der Waals surface area contributed by atoms with Crippen LogP contribution in [0, 0.1) is 0 Å². The third-order valence-corrected chi connectivity index (χ3v) is 4.62. The Balaban J connectivity index is 1.49. The van der Waals surface area contributed by atoms with Crippen LogP contribution < -0.4 is 14.8 Å². The molecule has 1 aliphatic heterocycles. The summed E-state index contributed by atoms with van der Waals surface area (Å²) in [6, 6.07) is 22.8. The summed E-state index contributed by atoms with van der Waals surface area (Å²) in [7, 11) is 0. The van der Waals surface area contributed by atoms with Crippen molar-refractivity contribution in [1.82, 2.24) is 9.38 Å². The van der Waals surface area contributed by atoms with Crippen molar-refractivity contribution in [2.75, 3.05) is 11.9 Å². The number of pyridine rings is 1. The van der Waals surface area contributed by atoms with Gasteiger partial charge in [-0.1, -0.05) is 48.5 Å². The van der Waals surface area contributed by atoms with Crippen molar-refractivity contribution in [2.24, 2.45) is 0 Å². The summed E-state index contributed by atoms with van der Waals surface area (Å²) in [6.07, 6.45) is 1.13. The Labute approximate surface area is 161 Å². The van der Waals surface area contributed by atoms with Crippen molar-refractivity contribution >= 4 is 17.4 Å². The molecule has 138 valence electrons. The molecule has 1 aliphatic rings. The number of amides is 1. The maximum Gasteiger partial charge on any atom is 0.270 e. The van der Waals surface area contributed by atoms with Crippen molar-refractivity contribution in [2.45, 2.75) is 6.10 Å². The fraction of sp³-hybridized carbons (Fsp3) is 0.0909. The number of fused-ring (bicyclic) bond motifs is 2. The van der Waals surface area contributed by atoms with Crippen LogP contribution in [-0.2, 0) is 4.79 Å². The van der Waals surface area contributed by atoms with Gasteiger partial charge in [0.2, 0.25) is 6.10 Å². The maximum absolute atomic E-state index is 12.9. The van der Waals surface area contributed by atoms with Crippen LogP contribution in [0.4, 0.5) is 5.82 Å². The van der Waals surface area contributed by atoms with Gasteiger partial charge >= 0.3 is 0 Å². The van der Waals surface area contributed by atoms with Gasteiger partial charge in [-0.2, -0.15) is 0 Å². The Hall–Kier alpha value is -3.80. The first-order chi connectivity index (χ1) is 13.8. The number of hydrogen-bond acceptors (Lipinski definition) is 4. The summed E-state index contributed by atoms with van der Waals surface area (Å²) >= 11 is 0.